The van der Waals surface area contributed by atoms with E-state index in [0.29, 0.717) is 5.56 Å². The molecule has 7 heteroatoms. The molecule has 0 amide bonds. The smallest absolute Gasteiger partial charge is 0.271 e. The molecule has 0 N–H and O–H groups in total. The molecule has 20 heavy (non-hydrogen) atoms. The van der Waals surface area contributed by atoms with E-state index in [-0.39, 0.29) is 38.8 Å². The number of alkyl halides is 1. The lowest BCUT2D eigenvalue weighted by Crippen LogP contribution is -2.15. The van der Waals surface area contributed by atoms with Crippen molar-refractivity contribution in [1.29, 1.82) is 0 Å². The van der Waals surface area contributed by atoms with E-state index in [1.54, 1.807) is 24.3 Å². The summed E-state index contributed by atoms with van der Waals surface area (Å²) in [4.78, 5) is 0. The Balaban J connectivity index is 2.11. The lowest BCUT2D eigenvalue weighted by atomic mass is 10.2. The third kappa shape index (κ3) is 8.21. The van der Waals surface area contributed by atoms with Gasteiger partial charge in [-0.15, -0.1) is 0 Å². The molecule has 1 aromatic carbocycles. The Morgan fingerprint density at radius 1 is 0.900 bits per heavy atom. The molecular weight excluding hydrogens is 287 g/mol. The van der Waals surface area contributed by atoms with Crippen LogP contribution >= 0.6 is 0 Å². The number of ether oxygens (including phenoxy) is 2. The van der Waals surface area contributed by atoms with Gasteiger partial charge in [-0.1, -0.05) is 30.3 Å². The average molecular weight is 306 g/mol. The van der Waals surface area contributed by atoms with E-state index < -0.39 is 16.8 Å². The second-order valence-corrected chi connectivity index (χ2v) is 5.56. The normalized spacial score (nSPS) is 11.7. The Kier molecular flexibility index (Phi) is 8.36. The Hall–Kier alpha value is -1.02. The molecular formula is C13H19FO5S. The van der Waals surface area contributed by atoms with Crippen molar-refractivity contribution in [2.24, 2.45) is 0 Å². The Morgan fingerprint density at radius 2 is 1.50 bits per heavy atom. The highest BCUT2D eigenvalue weighted by atomic mass is 32.2. The maximum Gasteiger partial charge on any atom is 0.271 e. The summed E-state index contributed by atoms with van der Waals surface area (Å²) >= 11 is 0. The molecule has 1 rings (SSSR count). The highest BCUT2D eigenvalue weighted by Gasteiger charge is 2.11. The summed E-state index contributed by atoms with van der Waals surface area (Å²) in [6.45, 7) is 0.181. The van der Waals surface area contributed by atoms with Crippen LogP contribution in [0.25, 0.3) is 0 Å². The Labute approximate surface area is 118 Å². The van der Waals surface area contributed by atoms with Gasteiger partial charge < -0.3 is 9.47 Å². The molecule has 0 aliphatic heterocycles. The summed E-state index contributed by atoms with van der Waals surface area (Å²) in [5.41, 5.74) is 0.674. The maximum absolute atomic E-state index is 11.7. The molecule has 0 fully saturated rings. The van der Waals surface area contributed by atoms with Crippen LogP contribution in [0, 0.1) is 0 Å². The zero-order valence-corrected chi connectivity index (χ0v) is 12.0. The van der Waals surface area contributed by atoms with Gasteiger partial charge in [-0.05, 0) is 5.56 Å². The van der Waals surface area contributed by atoms with E-state index in [0.717, 1.165) is 0 Å². The lowest BCUT2D eigenvalue weighted by molar-refractivity contribution is 0.0331. The van der Waals surface area contributed by atoms with Gasteiger partial charge in [0.05, 0.1) is 33.0 Å². The monoisotopic (exact) mass is 306 g/mol. The molecule has 0 aliphatic rings. The van der Waals surface area contributed by atoms with Gasteiger partial charge in [-0.3, -0.25) is 4.18 Å². The van der Waals surface area contributed by atoms with Crippen molar-refractivity contribution >= 4 is 10.1 Å². The molecule has 0 bridgehead atoms. The van der Waals surface area contributed by atoms with Crippen LogP contribution in [0.2, 0.25) is 0 Å². The molecule has 114 valence electrons. The number of hydrogen-bond acceptors (Lipinski definition) is 5. The largest absolute Gasteiger partial charge is 0.377 e. The van der Waals surface area contributed by atoms with Crippen LogP contribution in [0.5, 0.6) is 0 Å². The second-order valence-electron chi connectivity index (χ2n) is 3.92. The zero-order valence-electron chi connectivity index (χ0n) is 11.2. The van der Waals surface area contributed by atoms with Crippen molar-refractivity contribution in [2.75, 3.05) is 39.7 Å². The van der Waals surface area contributed by atoms with Crippen LogP contribution in [-0.2, 0) is 29.5 Å². The predicted molar refractivity (Wildman–Crippen MR) is 72.6 cm³/mol. The molecule has 0 radical (unpaired) electrons. The summed E-state index contributed by atoms with van der Waals surface area (Å²) in [5, 5.41) is 0. The van der Waals surface area contributed by atoms with Gasteiger partial charge in [0.2, 0.25) is 0 Å². The molecule has 0 atom stereocenters. The first kappa shape index (κ1) is 17.0. The van der Waals surface area contributed by atoms with Crippen LogP contribution < -0.4 is 0 Å². The van der Waals surface area contributed by atoms with Gasteiger partial charge in [-0.2, -0.15) is 8.42 Å². The third-order valence-electron chi connectivity index (χ3n) is 2.27. The summed E-state index contributed by atoms with van der Waals surface area (Å²) in [5.74, 6) is -0.159. The number of halogens is 1. The first-order valence-corrected chi connectivity index (χ1v) is 7.84. The first-order valence-electron chi connectivity index (χ1n) is 6.26. The van der Waals surface area contributed by atoms with Gasteiger partial charge in [0.1, 0.15) is 12.4 Å². The average Bonchev–Trinajstić information content (AvgIpc) is 2.42. The fourth-order valence-corrected chi connectivity index (χ4v) is 2.42. The highest BCUT2D eigenvalue weighted by molar-refractivity contribution is 7.85. The van der Waals surface area contributed by atoms with Crippen LogP contribution in [0.15, 0.2) is 30.3 Å². The van der Waals surface area contributed by atoms with E-state index >= 15 is 0 Å². The number of benzene rings is 1. The molecule has 0 saturated heterocycles. The van der Waals surface area contributed by atoms with Crippen LogP contribution in [0.4, 0.5) is 4.39 Å². The minimum absolute atomic E-state index is 0.0434. The van der Waals surface area contributed by atoms with Gasteiger partial charge >= 0.3 is 0 Å². The highest BCUT2D eigenvalue weighted by Crippen LogP contribution is 2.06. The molecule has 5 nitrogen and oxygen atoms in total. The molecule has 0 aromatic heterocycles. The Bertz CT molecular complexity index is 449. The quantitative estimate of drug-likeness (QED) is 0.458. The van der Waals surface area contributed by atoms with Crippen molar-refractivity contribution in [3.63, 3.8) is 0 Å². The van der Waals surface area contributed by atoms with Gasteiger partial charge in [0, 0.05) is 0 Å². The summed E-state index contributed by atoms with van der Waals surface area (Å²) in [7, 11) is -3.60. The topological polar surface area (TPSA) is 61.8 Å². The molecule has 0 saturated carbocycles. The molecule has 0 aliphatic carbocycles. The summed E-state index contributed by atoms with van der Waals surface area (Å²) in [6, 6.07) is 8.80. The van der Waals surface area contributed by atoms with Crippen molar-refractivity contribution in [3.05, 3.63) is 35.9 Å². The van der Waals surface area contributed by atoms with E-state index in [2.05, 4.69) is 0 Å². The van der Waals surface area contributed by atoms with E-state index in [1.165, 1.54) is 0 Å². The third-order valence-corrected chi connectivity index (χ3v) is 3.48. The molecule has 0 unspecified atom stereocenters. The van der Waals surface area contributed by atoms with Gasteiger partial charge in [-0.25, -0.2) is 4.39 Å². The fourth-order valence-electron chi connectivity index (χ4n) is 1.42. The maximum atomic E-state index is 11.7. The summed E-state index contributed by atoms with van der Waals surface area (Å²) in [6.07, 6.45) is 0. The van der Waals surface area contributed by atoms with E-state index in [9.17, 15) is 12.8 Å². The van der Waals surface area contributed by atoms with Gasteiger partial charge in [0.15, 0.2) is 0 Å². The predicted octanol–water partition coefficient (Wildman–Crippen LogP) is 1.54. The number of rotatable bonds is 11. The van der Waals surface area contributed by atoms with E-state index in [4.69, 9.17) is 13.7 Å². The van der Waals surface area contributed by atoms with Crippen LogP contribution in [0.1, 0.15) is 5.56 Å². The minimum atomic E-state index is -3.60. The van der Waals surface area contributed by atoms with Crippen molar-refractivity contribution < 1.29 is 26.5 Å². The Morgan fingerprint density at radius 3 is 2.15 bits per heavy atom. The molecule has 0 spiro atoms. The zero-order chi connectivity index (χ0) is 14.7. The standard InChI is InChI=1S/C13H19FO5S/c14-6-7-17-8-9-18-10-11-19-20(15,16)12-13-4-2-1-3-5-13/h1-5H,6-12H2. The second kappa shape index (κ2) is 9.82. The first-order chi connectivity index (χ1) is 9.64. The van der Waals surface area contributed by atoms with Crippen molar-refractivity contribution in [2.45, 2.75) is 5.75 Å². The summed E-state index contributed by atoms with van der Waals surface area (Å²) < 4.78 is 49.7. The molecule has 0 heterocycles. The SMILES string of the molecule is O=S(=O)(Cc1ccccc1)OCCOCCOCCF. The van der Waals surface area contributed by atoms with Gasteiger partial charge in [0.25, 0.3) is 10.1 Å². The van der Waals surface area contributed by atoms with Crippen molar-refractivity contribution in [3.8, 4) is 0 Å². The van der Waals surface area contributed by atoms with E-state index in [1.807, 2.05) is 6.07 Å². The number of hydrogen-bond donors (Lipinski definition) is 0. The molecule has 1 aromatic rings. The lowest BCUT2D eigenvalue weighted by Gasteiger charge is -2.07. The fraction of sp³-hybridized carbons (Fsp3) is 0.538. The van der Waals surface area contributed by atoms with Crippen LogP contribution in [-0.4, -0.2) is 48.1 Å². The van der Waals surface area contributed by atoms with Crippen LogP contribution in [0.3, 0.4) is 0 Å². The van der Waals surface area contributed by atoms with Crippen molar-refractivity contribution in [1.82, 2.24) is 0 Å². The minimum Gasteiger partial charge on any atom is -0.377 e.